The van der Waals surface area contributed by atoms with E-state index in [0.29, 0.717) is 19.1 Å². The Labute approximate surface area is 179 Å². The van der Waals surface area contributed by atoms with Crippen LogP contribution in [0.3, 0.4) is 0 Å². The van der Waals surface area contributed by atoms with E-state index in [1.54, 1.807) is 12.4 Å². The first-order valence-electron chi connectivity index (χ1n) is 10.9. The molecule has 4 rings (SSSR count). The van der Waals surface area contributed by atoms with Gasteiger partial charge < -0.3 is 14.8 Å². The van der Waals surface area contributed by atoms with Gasteiger partial charge in [-0.1, -0.05) is 49.6 Å². The van der Waals surface area contributed by atoms with Gasteiger partial charge >= 0.3 is 0 Å². The van der Waals surface area contributed by atoms with Crippen LogP contribution in [0.1, 0.15) is 43.2 Å². The lowest BCUT2D eigenvalue weighted by Gasteiger charge is -2.22. The summed E-state index contributed by atoms with van der Waals surface area (Å²) >= 11 is 0. The largest absolute Gasteiger partial charge is 0.493 e. The van der Waals surface area contributed by atoms with Gasteiger partial charge in [-0.05, 0) is 48.6 Å². The Hall–Kier alpha value is -3.01. The molecule has 0 bridgehead atoms. The Morgan fingerprint density at radius 3 is 2.47 bits per heavy atom. The predicted octanol–water partition coefficient (Wildman–Crippen LogP) is 6.23. The van der Waals surface area contributed by atoms with E-state index in [1.807, 2.05) is 36.4 Å². The molecule has 0 atom stereocenters. The molecule has 1 aliphatic carbocycles. The quantitative estimate of drug-likeness (QED) is 0.461. The highest BCUT2D eigenvalue weighted by Gasteiger charge is 2.15. The van der Waals surface area contributed by atoms with Gasteiger partial charge in [-0.15, -0.1) is 0 Å². The first kappa shape index (κ1) is 20.3. The van der Waals surface area contributed by atoms with Crippen molar-refractivity contribution >= 4 is 5.69 Å². The molecule has 3 aromatic rings. The molecule has 1 aromatic heterocycles. The smallest absolute Gasteiger partial charge is 0.128 e. The number of ether oxygens (including phenoxy) is 2. The van der Waals surface area contributed by atoms with Crippen LogP contribution in [-0.2, 0) is 13.2 Å². The molecule has 0 radical (unpaired) electrons. The third kappa shape index (κ3) is 5.99. The molecule has 30 heavy (non-hydrogen) atoms. The molecule has 1 saturated carbocycles. The number of nitrogens with one attached hydrogen (secondary N) is 1. The van der Waals surface area contributed by atoms with E-state index < -0.39 is 0 Å². The summed E-state index contributed by atoms with van der Waals surface area (Å²) in [6.45, 7) is 2.01. The molecule has 1 N–H and O–H groups in total. The second kappa shape index (κ2) is 10.7. The lowest BCUT2D eigenvalue weighted by molar-refractivity contribution is 0.207. The summed E-state index contributed by atoms with van der Waals surface area (Å²) in [7, 11) is 0. The molecular formula is C26H30N2O2. The van der Waals surface area contributed by atoms with Crippen LogP contribution in [0.4, 0.5) is 5.69 Å². The minimum Gasteiger partial charge on any atom is -0.493 e. The SMILES string of the molecule is c1ccc(COc2cc(OCC3CCCCC3)ccc2CNc2ccncc2)cc1. The number of rotatable bonds is 9. The van der Waals surface area contributed by atoms with Crippen molar-refractivity contribution in [3.63, 3.8) is 0 Å². The molecule has 156 valence electrons. The Kier molecular flexibility index (Phi) is 7.21. The minimum absolute atomic E-state index is 0.537. The van der Waals surface area contributed by atoms with Crippen LogP contribution in [0.15, 0.2) is 73.1 Å². The highest BCUT2D eigenvalue weighted by molar-refractivity contribution is 5.46. The minimum atomic E-state index is 0.537. The third-order valence-electron chi connectivity index (χ3n) is 5.65. The van der Waals surface area contributed by atoms with Crippen LogP contribution in [0.25, 0.3) is 0 Å². The van der Waals surface area contributed by atoms with E-state index in [1.165, 1.54) is 32.1 Å². The summed E-state index contributed by atoms with van der Waals surface area (Å²) in [6.07, 6.45) is 10.2. The molecule has 1 heterocycles. The van der Waals surface area contributed by atoms with Gasteiger partial charge in [0.2, 0.25) is 0 Å². The molecule has 2 aromatic carbocycles. The maximum Gasteiger partial charge on any atom is 0.128 e. The fraction of sp³-hybridized carbons (Fsp3) is 0.346. The zero-order chi connectivity index (χ0) is 20.4. The number of anilines is 1. The number of hydrogen-bond acceptors (Lipinski definition) is 4. The number of nitrogens with zero attached hydrogens (tertiary/aromatic N) is 1. The predicted molar refractivity (Wildman–Crippen MR) is 121 cm³/mol. The van der Waals surface area contributed by atoms with Crippen molar-refractivity contribution in [3.05, 3.63) is 84.2 Å². The zero-order valence-electron chi connectivity index (χ0n) is 17.4. The summed E-state index contributed by atoms with van der Waals surface area (Å²) in [5.41, 5.74) is 3.29. The van der Waals surface area contributed by atoms with Crippen molar-refractivity contribution in [1.29, 1.82) is 0 Å². The topological polar surface area (TPSA) is 43.4 Å². The van der Waals surface area contributed by atoms with Gasteiger partial charge in [0.1, 0.15) is 18.1 Å². The number of pyridine rings is 1. The molecule has 0 aliphatic heterocycles. The maximum atomic E-state index is 6.21. The number of hydrogen-bond donors (Lipinski definition) is 1. The fourth-order valence-corrected chi connectivity index (χ4v) is 3.88. The van der Waals surface area contributed by atoms with Gasteiger partial charge in [0, 0.05) is 36.3 Å². The molecule has 4 heteroatoms. The van der Waals surface area contributed by atoms with Gasteiger partial charge in [-0.2, -0.15) is 0 Å². The molecule has 0 saturated heterocycles. The van der Waals surface area contributed by atoms with Gasteiger partial charge in [-0.3, -0.25) is 4.98 Å². The van der Waals surface area contributed by atoms with E-state index in [2.05, 4.69) is 34.6 Å². The van der Waals surface area contributed by atoms with Gasteiger partial charge in [0.15, 0.2) is 0 Å². The standard InChI is InChI=1S/C26H30N2O2/c1-3-7-21(8-4-1)19-29-25-12-11-23(18-28-24-13-15-27-16-14-24)26(17-25)30-20-22-9-5-2-6-10-22/h2,5-6,9-17,21H,1,3-4,7-8,18-20H2,(H,27,28). The van der Waals surface area contributed by atoms with E-state index in [-0.39, 0.29) is 0 Å². The molecule has 4 nitrogen and oxygen atoms in total. The lowest BCUT2D eigenvalue weighted by Crippen LogP contribution is -2.15. The van der Waals surface area contributed by atoms with E-state index in [0.717, 1.165) is 34.9 Å². The van der Waals surface area contributed by atoms with Crippen molar-refractivity contribution < 1.29 is 9.47 Å². The Bertz CT molecular complexity index is 893. The van der Waals surface area contributed by atoms with Gasteiger partial charge in [0.05, 0.1) is 6.61 Å². The van der Waals surface area contributed by atoms with Crippen LogP contribution in [0, 0.1) is 5.92 Å². The molecule has 0 unspecified atom stereocenters. The van der Waals surface area contributed by atoms with Crippen LogP contribution < -0.4 is 14.8 Å². The van der Waals surface area contributed by atoms with Crippen molar-refractivity contribution in [2.45, 2.75) is 45.3 Å². The summed E-state index contributed by atoms with van der Waals surface area (Å²) < 4.78 is 12.4. The normalized spacial score (nSPS) is 14.3. The Balaban J connectivity index is 1.44. The van der Waals surface area contributed by atoms with Crippen molar-refractivity contribution in [1.82, 2.24) is 4.98 Å². The Morgan fingerprint density at radius 1 is 0.867 bits per heavy atom. The molecule has 1 fully saturated rings. The van der Waals surface area contributed by atoms with E-state index >= 15 is 0 Å². The average Bonchev–Trinajstić information content (AvgIpc) is 2.82. The fourth-order valence-electron chi connectivity index (χ4n) is 3.88. The van der Waals surface area contributed by atoms with Crippen LogP contribution in [-0.4, -0.2) is 11.6 Å². The van der Waals surface area contributed by atoms with Crippen molar-refractivity contribution in [3.8, 4) is 11.5 Å². The van der Waals surface area contributed by atoms with Crippen LogP contribution >= 0.6 is 0 Å². The third-order valence-corrected chi connectivity index (χ3v) is 5.65. The summed E-state index contributed by atoms with van der Waals surface area (Å²) in [5.74, 6) is 2.43. The lowest BCUT2D eigenvalue weighted by atomic mass is 9.90. The average molecular weight is 403 g/mol. The molecule has 0 spiro atoms. The van der Waals surface area contributed by atoms with Gasteiger partial charge in [0.25, 0.3) is 0 Å². The van der Waals surface area contributed by atoms with Crippen LogP contribution in [0.2, 0.25) is 0 Å². The van der Waals surface area contributed by atoms with Gasteiger partial charge in [-0.25, -0.2) is 0 Å². The zero-order valence-corrected chi connectivity index (χ0v) is 17.4. The molecule has 0 amide bonds. The first-order chi connectivity index (χ1) is 14.9. The second-order valence-electron chi connectivity index (χ2n) is 7.95. The summed E-state index contributed by atoms with van der Waals surface area (Å²) in [5, 5.41) is 3.44. The summed E-state index contributed by atoms with van der Waals surface area (Å²) in [4.78, 5) is 4.07. The van der Waals surface area contributed by atoms with Crippen molar-refractivity contribution in [2.24, 2.45) is 5.92 Å². The second-order valence-corrected chi connectivity index (χ2v) is 7.95. The monoisotopic (exact) mass is 402 g/mol. The van der Waals surface area contributed by atoms with E-state index in [9.17, 15) is 0 Å². The summed E-state index contributed by atoms with van der Waals surface area (Å²) in [6, 6.07) is 20.4. The maximum absolute atomic E-state index is 6.21. The van der Waals surface area contributed by atoms with Crippen molar-refractivity contribution in [2.75, 3.05) is 11.9 Å². The van der Waals surface area contributed by atoms with E-state index in [4.69, 9.17) is 9.47 Å². The first-order valence-corrected chi connectivity index (χ1v) is 10.9. The van der Waals surface area contributed by atoms with Crippen LogP contribution in [0.5, 0.6) is 11.5 Å². The molecule has 1 aliphatic rings. The highest BCUT2D eigenvalue weighted by Crippen LogP contribution is 2.29. The molecular weight excluding hydrogens is 372 g/mol. The highest BCUT2D eigenvalue weighted by atomic mass is 16.5. The Morgan fingerprint density at radius 2 is 1.67 bits per heavy atom. The number of benzene rings is 2. The number of aromatic nitrogens is 1.